The Morgan fingerprint density at radius 2 is 2.00 bits per heavy atom. The summed E-state index contributed by atoms with van der Waals surface area (Å²) in [6.07, 6.45) is 4.80. The van der Waals surface area contributed by atoms with Crippen molar-refractivity contribution in [3.05, 3.63) is 0 Å². The SMILES string of the molecule is NC(=O)NCC1(O)CCCCC1. The maximum absolute atomic E-state index is 10.4. The van der Waals surface area contributed by atoms with Gasteiger partial charge in [0.1, 0.15) is 0 Å². The maximum atomic E-state index is 10.4. The third-order valence-electron chi connectivity index (χ3n) is 2.38. The third-order valence-corrected chi connectivity index (χ3v) is 2.38. The predicted octanol–water partition coefficient (Wildman–Crippen LogP) is 0.350. The Morgan fingerprint density at radius 3 is 2.50 bits per heavy atom. The second-order valence-corrected chi connectivity index (χ2v) is 3.50. The van der Waals surface area contributed by atoms with Gasteiger partial charge in [0.15, 0.2) is 0 Å². The number of amides is 2. The molecule has 70 valence electrons. The molecule has 0 aliphatic heterocycles. The number of urea groups is 1. The van der Waals surface area contributed by atoms with Crippen molar-refractivity contribution in [3.8, 4) is 0 Å². The van der Waals surface area contributed by atoms with Crippen LogP contribution in [-0.4, -0.2) is 23.3 Å². The van der Waals surface area contributed by atoms with Gasteiger partial charge in [0.05, 0.1) is 5.60 Å². The van der Waals surface area contributed by atoms with E-state index in [0.29, 0.717) is 6.54 Å². The molecule has 0 heterocycles. The smallest absolute Gasteiger partial charge is 0.312 e. The maximum Gasteiger partial charge on any atom is 0.312 e. The van der Waals surface area contributed by atoms with Gasteiger partial charge in [-0.1, -0.05) is 19.3 Å². The van der Waals surface area contributed by atoms with Crippen LogP contribution in [0.2, 0.25) is 0 Å². The minimum Gasteiger partial charge on any atom is -0.388 e. The van der Waals surface area contributed by atoms with Crippen LogP contribution < -0.4 is 11.1 Å². The number of carbonyl (C=O) groups is 1. The molecule has 0 aromatic carbocycles. The first-order valence-corrected chi connectivity index (χ1v) is 4.38. The molecule has 0 aromatic heterocycles. The van der Waals surface area contributed by atoms with Crippen LogP contribution in [0.5, 0.6) is 0 Å². The van der Waals surface area contributed by atoms with E-state index < -0.39 is 11.6 Å². The quantitative estimate of drug-likeness (QED) is 0.562. The zero-order valence-electron chi connectivity index (χ0n) is 7.18. The fourth-order valence-electron chi connectivity index (χ4n) is 1.64. The van der Waals surface area contributed by atoms with E-state index in [0.717, 1.165) is 25.7 Å². The van der Waals surface area contributed by atoms with Crippen LogP contribution >= 0.6 is 0 Å². The Morgan fingerprint density at radius 1 is 1.42 bits per heavy atom. The number of aliphatic hydroxyl groups is 1. The molecule has 4 nitrogen and oxygen atoms in total. The summed E-state index contributed by atoms with van der Waals surface area (Å²) < 4.78 is 0. The number of nitrogens with one attached hydrogen (secondary N) is 1. The fourth-order valence-corrected chi connectivity index (χ4v) is 1.64. The molecule has 0 spiro atoms. The number of primary amides is 1. The number of nitrogens with two attached hydrogens (primary N) is 1. The number of hydrogen-bond donors (Lipinski definition) is 3. The molecule has 1 aliphatic carbocycles. The Balaban J connectivity index is 2.31. The minimum absolute atomic E-state index is 0.294. The minimum atomic E-state index is -0.701. The molecule has 0 atom stereocenters. The van der Waals surface area contributed by atoms with E-state index >= 15 is 0 Å². The highest BCUT2D eigenvalue weighted by Crippen LogP contribution is 2.26. The van der Waals surface area contributed by atoms with Crippen LogP contribution in [-0.2, 0) is 0 Å². The zero-order chi connectivity index (χ0) is 9.03. The van der Waals surface area contributed by atoms with E-state index in [4.69, 9.17) is 5.73 Å². The predicted molar refractivity (Wildman–Crippen MR) is 45.6 cm³/mol. The Kier molecular flexibility index (Phi) is 2.92. The molecule has 1 aliphatic rings. The molecule has 1 fully saturated rings. The van der Waals surface area contributed by atoms with Gasteiger partial charge in [-0.15, -0.1) is 0 Å². The van der Waals surface area contributed by atoms with Crippen LogP contribution in [0.4, 0.5) is 4.79 Å². The summed E-state index contributed by atoms with van der Waals surface area (Å²) in [5, 5.41) is 12.3. The topological polar surface area (TPSA) is 75.4 Å². The van der Waals surface area contributed by atoms with Crippen molar-refractivity contribution in [2.24, 2.45) is 5.73 Å². The molecule has 1 saturated carbocycles. The monoisotopic (exact) mass is 172 g/mol. The van der Waals surface area contributed by atoms with Crippen LogP contribution in [0, 0.1) is 0 Å². The first kappa shape index (κ1) is 9.32. The molecule has 0 unspecified atom stereocenters. The first-order chi connectivity index (χ1) is 5.62. The molecule has 12 heavy (non-hydrogen) atoms. The second kappa shape index (κ2) is 3.76. The number of rotatable bonds is 2. The highest BCUT2D eigenvalue weighted by molar-refractivity contribution is 5.71. The van der Waals surface area contributed by atoms with E-state index in [1.54, 1.807) is 0 Å². The number of hydrogen-bond acceptors (Lipinski definition) is 2. The summed E-state index contributed by atoms with van der Waals surface area (Å²) in [5.41, 5.74) is 4.21. The lowest BCUT2D eigenvalue weighted by atomic mass is 9.85. The van der Waals surface area contributed by atoms with Crippen molar-refractivity contribution in [1.29, 1.82) is 0 Å². The summed E-state index contributed by atoms with van der Waals surface area (Å²) in [5.74, 6) is 0. The fraction of sp³-hybridized carbons (Fsp3) is 0.875. The molecule has 2 amide bonds. The normalized spacial score (nSPS) is 21.8. The van der Waals surface area contributed by atoms with Crippen LogP contribution in [0.25, 0.3) is 0 Å². The van der Waals surface area contributed by atoms with Crippen molar-refractivity contribution in [3.63, 3.8) is 0 Å². The Bertz CT molecular complexity index is 164. The van der Waals surface area contributed by atoms with Gasteiger partial charge in [-0.3, -0.25) is 0 Å². The van der Waals surface area contributed by atoms with Crippen molar-refractivity contribution in [1.82, 2.24) is 5.32 Å². The van der Waals surface area contributed by atoms with Crippen LogP contribution in [0.3, 0.4) is 0 Å². The molecule has 0 bridgehead atoms. The number of carbonyl (C=O) groups excluding carboxylic acids is 1. The average molecular weight is 172 g/mol. The molecular weight excluding hydrogens is 156 g/mol. The first-order valence-electron chi connectivity index (χ1n) is 4.38. The van der Waals surface area contributed by atoms with Crippen molar-refractivity contribution >= 4 is 6.03 Å². The third kappa shape index (κ3) is 2.70. The standard InChI is InChI=1S/C8H16N2O2/c9-7(11)10-6-8(12)4-2-1-3-5-8/h12H,1-6H2,(H3,9,10,11). The lowest BCUT2D eigenvalue weighted by Gasteiger charge is -2.31. The van der Waals surface area contributed by atoms with Crippen molar-refractivity contribution < 1.29 is 9.90 Å². The highest BCUT2D eigenvalue weighted by atomic mass is 16.3. The molecule has 1 rings (SSSR count). The van der Waals surface area contributed by atoms with Gasteiger partial charge in [-0.25, -0.2) is 4.79 Å². The van der Waals surface area contributed by atoms with E-state index in [9.17, 15) is 9.90 Å². The van der Waals surface area contributed by atoms with Gasteiger partial charge in [0.2, 0.25) is 0 Å². The summed E-state index contributed by atoms with van der Waals surface area (Å²) in [6, 6.07) is -0.561. The summed E-state index contributed by atoms with van der Waals surface area (Å²) in [4.78, 5) is 10.4. The Labute approximate surface area is 72.1 Å². The highest BCUT2D eigenvalue weighted by Gasteiger charge is 2.28. The van der Waals surface area contributed by atoms with Gasteiger partial charge in [0.25, 0.3) is 0 Å². The lowest BCUT2D eigenvalue weighted by molar-refractivity contribution is 0.00743. The van der Waals surface area contributed by atoms with Crippen LogP contribution in [0.1, 0.15) is 32.1 Å². The van der Waals surface area contributed by atoms with E-state index in [1.807, 2.05) is 0 Å². The van der Waals surface area contributed by atoms with Gasteiger partial charge in [-0.05, 0) is 12.8 Å². The van der Waals surface area contributed by atoms with Crippen LogP contribution in [0.15, 0.2) is 0 Å². The molecule has 0 saturated heterocycles. The van der Waals surface area contributed by atoms with E-state index in [-0.39, 0.29) is 0 Å². The van der Waals surface area contributed by atoms with Gasteiger partial charge in [0, 0.05) is 6.54 Å². The summed E-state index contributed by atoms with van der Waals surface area (Å²) in [6.45, 7) is 0.294. The van der Waals surface area contributed by atoms with Crippen molar-refractivity contribution in [2.75, 3.05) is 6.54 Å². The second-order valence-electron chi connectivity index (χ2n) is 3.50. The largest absolute Gasteiger partial charge is 0.388 e. The zero-order valence-corrected chi connectivity index (χ0v) is 7.18. The molecule has 0 radical (unpaired) electrons. The van der Waals surface area contributed by atoms with E-state index in [1.165, 1.54) is 6.42 Å². The van der Waals surface area contributed by atoms with E-state index in [2.05, 4.69) is 5.32 Å². The van der Waals surface area contributed by atoms with Crippen molar-refractivity contribution in [2.45, 2.75) is 37.7 Å². The van der Waals surface area contributed by atoms with Gasteiger partial charge < -0.3 is 16.2 Å². The molecule has 0 aromatic rings. The average Bonchev–Trinajstić information content (AvgIpc) is 2.03. The Hall–Kier alpha value is -0.770. The summed E-state index contributed by atoms with van der Waals surface area (Å²) in [7, 11) is 0. The lowest BCUT2D eigenvalue weighted by Crippen LogP contribution is -2.45. The van der Waals surface area contributed by atoms with Gasteiger partial charge >= 0.3 is 6.03 Å². The summed E-state index contributed by atoms with van der Waals surface area (Å²) >= 11 is 0. The van der Waals surface area contributed by atoms with Gasteiger partial charge in [-0.2, -0.15) is 0 Å². The molecule has 4 N–H and O–H groups in total. The molecular formula is C8H16N2O2. The molecule has 4 heteroatoms.